The second kappa shape index (κ2) is 7.86. The van der Waals surface area contributed by atoms with Gasteiger partial charge in [0.2, 0.25) is 11.8 Å². The average Bonchev–Trinajstić information content (AvgIpc) is 2.56. The Kier molecular flexibility index (Phi) is 5.84. The Morgan fingerprint density at radius 1 is 1.24 bits per heavy atom. The van der Waals surface area contributed by atoms with E-state index < -0.39 is 41.8 Å². The van der Waals surface area contributed by atoms with Crippen molar-refractivity contribution in [1.29, 1.82) is 0 Å². The van der Waals surface area contributed by atoms with E-state index in [1.54, 1.807) is 0 Å². The highest BCUT2D eigenvalue weighted by molar-refractivity contribution is 5.97. The Balaban J connectivity index is 2.13. The third kappa shape index (κ3) is 4.85. The zero-order valence-corrected chi connectivity index (χ0v) is 13.1. The minimum atomic E-state index is -1.34. The van der Waals surface area contributed by atoms with Crippen LogP contribution in [0, 0.1) is 5.82 Å². The van der Waals surface area contributed by atoms with E-state index in [4.69, 9.17) is 5.73 Å². The van der Waals surface area contributed by atoms with Gasteiger partial charge in [-0.25, -0.2) is 4.39 Å². The van der Waals surface area contributed by atoms with Gasteiger partial charge < -0.3 is 26.6 Å². The Hall–Kier alpha value is -2.78. The van der Waals surface area contributed by atoms with Crippen molar-refractivity contribution in [3.05, 3.63) is 47.3 Å². The third-order valence-electron chi connectivity index (χ3n) is 3.67. The predicted molar refractivity (Wildman–Crippen MR) is 84.6 cm³/mol. The maximum Gasteiger partial charge on any atom is 0.251 e. The van der Waals surface area contributed by atoms with Crippen LogP contribution < -0.4 is 16.4 Å². The van der Waals surface area contributed by atoms with Gasteiger partial charge >= 0.3 is 0 Å². The standard InChI is InChI=1S/C16H18FN3O5/c17-10-3-1-2-8(4-10)16(25)20-11-5-9(6-12(21)14(11)23)15(24)19-7-13(18)22/h1-5,11-12,14,21,23H,6-7H2,(H2,18,22)(H,19,24)(H,20,25)/t11-,12-,14-/m1/s1. The normalized spacial score (nSPS) is 22.7. The molecule has 0 fully saturated rings. The number of amides is 3. The van der Waals surface area contributed by atoms with Crippen molar-refractivity contribution in [2.24, 2.45) is 5.73 Å². The van der Waals surface area contributed by atoms with Gasteiger partial charge in [0, 0.05) is 17.6 Å². The summed E-state index contributed by atoms with van der Waals surface area (Å²) in [4.78, 5) is 34.8. The second-order valence-corrected chi connectivity index (χ2v) is 5.61. The summed E-state index contributed by atoms with van der Waals surface area (Å²) in [6.45, 7) is -0.380. The van der Waals surface area contributed by atoms with Gasteiger partial charge in [0.05, 0.1) is 18.7 Å². The van der Waals surface area contributed by atoms with Gasteiger partial charge in [0.1, 0.15) is 11.9 Å². The molecular weight excluding hydrogens is 333 g/mol. The van der Waals surface area contributed by atoms with E-state index in [-0.39, 0.29) is 24.1 Å². The van der Waals surface area contributed by atoms with Crippen molar-refractivity contribution < 1.29 is 29.0 Å². The first-order valence-electron chi connectivity index (χ1n) is 7.47. The van der Waals surface area contributed by atoms with Crippen LogP contribution in [0.5, 0.6) is 0 Å². The van der Waals surface area contributed by atoms with Crippen LogP contribution in [0.25, 0.3) is 0 Å². The van der Waals surface area contributed by atoms with Crippen LogP contribution in [0.1, 0.15) is 16.8 Å². The van der Waals surface area contributed by atoms with E-state index in [9.17, 15) is 29.0 Å². The number of nitrogens with one attached hydrogen (secondary N) is 2. The fraction of sp³-hybridized carbons (Fsp3) is 0.312. The summed E-state index contributed by atoms with van der Waals surface area (Å²) in [5, 5.41) is 24.6. The van der Waals surface area contributed by atoms with Gasteiger partial charge in [-0.2, -0.15) is 0 Å². The minimum Gasteiger partial charge on any atom is -0.390 e. The lowest BCUT2D eigenvalue weighted by molar-refractivity contribution is -0.123. The van der Waals surface area contributed by atoms with E-state index in [0.29, 0.717) is 0 Å². The molecule has 134 valence electrons. The zero-order chi connectivity index (χ0) is 18.6. The lowest BCUT2D eigenvalue weighted by Gasteiger charge is -2.31. The number of hydrogen-bond acceptors (Lipinski definition) is 5. The Bertz CT molecular complexity index is 721. The molecule has 0 aromatic heterocycles. The molecule has 1 aliphatic carbocycles. The van der Waals surface area contributed by atoms with Crippen LogP contribution in [-0.4, -0.2) is 52.7 Å². The van der Waals surface area contributed by atoms with Crippen LogP contribution in [0.3, 0.4) is 0 Å². The number of carbonyl (C=O) groups excluding carboxylic acids is 3. The van der Waals surface area contributed by atoms with Crippen molar-refractivity contribution in [2.75, 3.05) is 6.54 Å². The highest BCUT2D eigenvalue weighted by atomic mass is 19.1. The monoisotopic (exact) mass is 351 g/mol. The first-order chi connectivity index (χ1) is 11.8. The molecule has 1 aromatic rings. The van der Waals surface area contributed by atoms with Gasteiger partial charge in [-0.15, -0.1) is 0 Å². The SMILES string of the molecule is NC(=O)CNC(=O)C1=C[C@@H](NC(=O)c2cccc(F)c2)[C@@H](O)[C@H](O)C1. The predicted octanol–water partition coefficient (Wildman–Crippen LogP) is -1.42. The summed E-state index contributed by atoms with van der Waals surface area (Å²) in [7, 11) is 0. The number of carbonyl (C=O) groups is 3. The largest absolute Gasteiger partial charge is 0.390 e. The molecule has 2 rings (SSSR count). The molecular formula is C16H18FN3O5. The van der Waals surface area contributed by atoms with Gasteiger partial charge in [-0.05, 0) is 18.2 Å². The van der Waals surface area contributed by atoms with Crippen LogP contribution in [-0.2, 0) is 9.59 Å². The van der Waals surface area contributed by atoms with Gasteiger partial charge in [-0.1, -0.05) is 12.1 Å². The highest BCUT2D eigenvalue weighted by Crippen LogP contribution is 2.20. The summed E-state index contributed by atoms with van der Waals surface area (Å²) in [5.41, 5.74) is 5.05. The number of aliphatic hydroxyl groups excluding tert-OH is 2. The minimum absolute atomic E-state index is 0.0281. The number of nitrogens with two attached hydrogens (primary N) is 1. The van der Waals surface area contributed by atoms with Crippen LogP contribution in [0.15, 0.2) is 35.9 Å². The molecule has 6 N–H and O–H groups in total. The van der Waals surface area contributed by atoms with Crippen molar-refractivity contribution >= 4 is 17.7 Å². The van der Waals surface area contributed by atoms with Crippen molar-refractivity contribution in [3.8, 4) is 0 Å². The number of rotatable bonds is 5. The van der Waals surface area contributed by atoms with E-state index in [1.807, 2.05) is 0 Å². The van der Waals surface area contributed by atoms with Crippen molar-refractivity contribution in [1.82, 2.24) is 10.6 Å². The number of hydrogen-bond donors (Lipinski definition) is 5. The van der Waals surface area contributed by atoms with E-state index in [2.05, 4.69) is 10.6 Å². The Morgan fingerprint density at radius 3 is 2.60 bits per heavy atom. The molecule has 0 heterocycles. The van der Waals surface area contributed by atoms with E-state index in [1.165, 1.54) is 24.3 Å². The second-order valence-electron chi connectivity index (χ2n) is 5.61. The molecule has 0 unspecified atom stereocenters. The molecule has 3 atom stereocenters. The molecule has 8 nitrogen and oxygen atoms in total. The quantitative estimate of drug-likeness (QED) is 0.442. The Morgan fingerprint density at radius 2 is 1.96 bits per heavy atom. The lowest BCUT2D eigenvalue weighted by atomic mass is 9.90. The molecule has 0 saturated heterocycles. The van der Waals surface area contributed by atoms with Gasteiger partial charge in [0.15, 0.2) is 0 Å². The number of halogens is 1. The first kappa shape index (κ1) is 18.6. The Labute approximate surface area is 142 Å². The first-order valence-corrected chi connectivity index (χ1v) is 7.47. The van der Waals surface area contributed by atoms with Gasteiger partial charge in [0.25, 0.3) is 5.91 Å². The molecule has 1 aromatic carbocycles. The van der Waals surface area contributed by atoms with Gasteiger partial charge in [-0.3, -0.25) is 14.4 Å². The smallest absolute Gasteiger partial charge is 0.251 e. The summed E-state index contributed by atoms with van der Waals surface area (Å²) >= 11 is 0. The molecule has 0 radical (unpaired) electrons. The molecule has 1 aliphatic rings. The molecule has 9 heteroatoms. The summed E-state index contributed by atoms with van der Waals surface area (Å²) < 4.78 is 13.2. The maximum atomic E-state index is 13.2. The van der Waals surface area contributed by atoms with Crippen LogP contribution in [0.2, 0.25) is 0 Å². The molecule has 3 amide bonds. The van der Waals surface area contributed by atoms with E-state index in [0.717, 1.165) is 6.07 Å². The molecule has 0 aliphatic heterocycles. The highest BCUT2D eigenvalue weighted by Gasteiger charge is 2.33. The number of primary amides is 1. The molecule has 0 saturated carbocycles. The zero-order valence-electron chi connectivity index (χ0n) is 13.1. The van der Waals surface area contributed by atoms with Crippen LogP contribution in [0.4, 0.5) is 4.39 Å². The molecule has 0 spiro atoms. The maximum absolute atomic E-state index is 13.2. The fourth-order valence-electron chi connectivity index (χ4n) is 2.41. The van der Waals surface area contributed by atoms with E-state index >= 15 is 0 Å². The van der Waals surface area contributed by atoms with Crippen molar-refractivity contribution in [2.45, 2.75) is 24.7 Å². The van der Waals surface area contributed by atoms with Crippen molar-refractivity contribution in [3.63, 3.8) is 0 Å². The fourth-order valence-corrected chi connectivity index (χ4v) is 2.41. The lowest BCUT2D eigenvalue weighted by Crippen LogP contribution is -2.51. The summed E-state index contributed by atoms with van der Waals surface area (Å²) in [6, 6.07) is 3.87. The third-order valence-corrected chi connectivity index (χ3v) is 3.67. The number of aliphatic hydroxyl groups is 2. The number of benzene rings is 1. The topological polar surface area (TPSA) is 142 Å². The molecule has 25 heavy (non-hydrogen) atoms. The average molecular weight is 351 g/mol. The van der Waals surface area contributed by atoms with Crippen LogP contribution >= 0.6 is 0 Å². The summed E-state index contributed by atoms with van der Waals surface area (Å²) in [5.74, 6) is -2.65. The molecule has 0 bridgehead atoms. The summed E-state index contributed by atoms with van der Waals surface area (Å²) in [6.07, 6.45) is -1.51.